The molecule has 0 fully saturated rings. The van der Waals surface area contributed by atoms with Crippen molar-refractivity contribution < 1.29 is 10.2 Å². The van der Waals surface area contributed by atoms with Gasteiger partial charge in [-0.2, -0.15) is 0 Å². The van der Waals surface area contributed by atoms with Crippen molar-refractivity contribution in [1.82, 2.24) is 0 Å². The van der Waals surface area contributed by atoms with E-state index in [4.69, 9.17) is 17.3 Å². The molecule has 4 heteroatoms. The van der Waals surface area contributed by atoms with Gasteiger partial charge in [-0.3, -0.25) is 0 Å². The summed E-state index contributed by atoms with van der Waals surface area (Å²) in [5, 5.41) is 18.7. The molecule has 1 rings (SSSR count). The first kappa shape index (κ1) is 9.16. The highest BCUT2D eigenvalue weighted by Crippen LogP contribution is 2.35. The highest BCUT2D eigenvalue weighted by Gasteiger charge is 2.08. The van der Waals surface area contributed by atoms with Crippen LogP contribution in [0.5, 0.6) is 11.5 Å². The highest BCUT2D eigenvalue weighted by atomic mass is 35.5. The maximum Gasteiger partial charge on any atom is 0.176 e. The lowest BCUT2D eigenvalue weighted by Crippen LogP contribution is -2.02. The van der Waals surface area contributed by atoms with Gasteiger partial charge in [0.2, 0.25) is 0 Å². The average Bonchev–Trinajstić information content (AvgIpc) is 2.07. The van der Waals surface area contributed by atoms with E-state index >= 15 is 0 Å². The molecular formula is C8H10ClNO2. The molecule has 4 N–H and O–H groups in total. The van der Waals surface area contributed by atoms with Crippen molar-refractivity contribution in [1.29, 1.82) is 0 Å². The Morgan fingerprint density at radius 2 is 1.92 bits per heavy atom. The van der Waals surface area contributed by atoms with E-state index in [0.717, 1.165) is 0 Å². The van der Waals surface area contributed by atoms with Crippen molar-refractivity contribution in [3.8, 4) is 11.5 Å². The van der Waals surface area contributed by atoms with E-state index in [1.165, 1.54) is 6.07 Å². The van der Waals surface area contributed by atoms with Crippen LogP contribution in [0.2, 0.25) is 5.02 Å². The van der Waals surface area contributed by atoms with Gasteiger partial charge >= 0.3 is 0 Å². The van der Waals surface area contributed by atoms with Gasteiger partial charge in [-0.05, 0) is 24.6 Å². The van der Waals surface area contributed by atoms with Gasteiger partial charge in [-0.25, -0.2) is 0 Å². The Bertz CT molecular complexity index is 289. The zero-order valence-electron chi connectivity index (χ0n) is 6.42. The van der Waals surface area contributed by atoms with E-state index in [9.17, 15) is 10.2 Å². The summed E-state index contributed by atoms with van der Waals surface area (Å²) in [4.78, 5) is 0. The van der Waals surface area contributed by atoms with Crippen molar-refractivity contribution in [2.45, 2.75) is 6.42 Å². The summed E-state index contributed by atoms with van der Waals surface area (Å²) in [5.41, 5.74) is 5.90. The smallest absolute Gasteiger partial charge is 0.176 e. The van der Waals surface area contributed by atoms with Gasteiger partial charge in [-0.15, -0.1) is 0 Å². The van der Waals surface area contributed by atoms with Crippen LogP contribution in [0, 0.1) is 0 Å². The number of nitrogens with two attached hydrogens (primary N) is 1. The molecule has 66 valence electrons. The quantitative estimate of drug-likeness (QED) is 0.611. The SMILES string of the molecule is NCCc1ccc(Cl)c(O)c1O. The third-order valence-corrected chi connectivity index (χ3v) is 1.90. The first-order chi connectivity index (χ1) is 5.66. The van der Waals surface area contributed by atoms with Crippen molar-refractivity contribution in [3.05, 3.63) is 22.7 Å². The van der Waals surface area contributed by atoms with E-state index in [2.05, 4.69) is 0 Å². The molecule has 0 aliphatic heterocycles. The zero-order valence-corrected chi connectivity index (χ0v) is 7.17. The predicted molar refractivity (Wildman–Crippen MR) is 47.5 cm³/mol. The third-order valence-electron chi connectivity index (χ3n) is 1.60. The van der Waals surface area contributed by atoms with E-state index in [-0.39, 0.29) is 16.5 Å². The van der Waals surface area contributed by atoms with Gasteiger partial charge in [0.25, 0.3) is 0 Å². The van der Waals surface area contributed by atoms with Crippen molar-refractivity contribution in [2.24, 2.45) is 5.73 Å². The lowest BCUT2D eigenvalue weighted by Gasteiger charge is -2.05. The molecule has 0 heterocycles. The van der Waals surface area contributed by atoms with E-state index in [1.54, 1.807) is 6.07 Å². The van der Waals surface area contributed by atoms with Crippen molar-refractivity contribution in [3.63, 3.8) is 0 Å². The number of rotatable bonds is 2. The predicted octanol–water partition coefficient (Wildman–Crippen LogP) is 1.25. The second kappa shape index (κ2) is 3.65. The van der Waals surface area contributed by atoms with Crippen molar-refractivity contribution in [2.75, 3.05) is 6.54 Å². The second-order valence-electron chi connectivity index (χ2n) is 2.44. The third kappa shape index (κ3) is 1.62. The molecule has 0 aromatic heterocycles. The molecule has 12 heavy (non-hydrogen) atoms. The number of aromatic hydroxyl groups is 2. The Kier molecular flexibility index (Phi) is 2.78. The Morgan fingerprint density at radius 1 is 1.25 bits per heavy atom. The monoisotopic (exact) mass is 187 g/mol. The molecule has 0 aliphatic rings. The number of benzene rings is 1. The Labute approximate surface area is 75.4 Å². The molecule has 0 bridgehead atoms. The minimum atomic E-state index is -0.275. The van der Waals surface area contributed by atoms with Crippen LogP contribution in [-0.4, -0.2) is 16.8 Å². The summed E-state index contributed by atoms with van der Waals surface area (Å²) in [6.07, 6.45) is 0.524. The topological polar surface area (TPSA) is 66.5 Å². The molecule has 0 unspecified atom stereocenters. The first-order valence-electron chi connectivity index (χ1n) is 3.56. The molecule has 3 nitrogen and oxygen atoms in total. The molecule has 0 spiro atoms. The summed E-state index contributed by atoms with van der Waals surface area (Å²) in [6, 6.07) is 3.17. The van der Waals surface area contributed by atoms with Crippen LogP contribution in [0.1, 0.15) is 5.56 Å². The van der Waals surface area contributed by atoms with Gasteiger partial charge in [0.1, 0.15) is 0 Å². The minimum Gasteiger partial charge on any atom is -0.504 e. The summed E-state index contributed by atoms with van der Waals surface area (Å²) in [7, 11) is 0. The average molecular weight is 188 g/mol. The van der Waals surface area contributed by atoms with E-state index in [1.807, 2.05) is 0 Å². The van der Waals surface area contributed by atoms with Crippen LogP contribution in [0.25, 0.3) is 0 Å². The van der Waals surface area contributed by atoms with E-state index < -0.39 is 0 Å². The van der Waals surface area contributed by atoms with Crippen LogP contribution in [0.4, 0.5) is 0 Å². The lowest BCUT2D eigenvalue weighted by atomic mass is 10.1. The van der Waals surface area contributed by atoms with Gasteiger partial charge in [-0.1, -0.05) is 17.7 Å². The molecule has 1 aromatic carbocycles. The maximum atomic E-state index is 9.32. The van der Waals surface area contributed by atoms with E-state index in [0.29, 0.717) is 18.5 Å². The fourth-order valence-electron chi connectivity index (χ4n) is 0.954. The number of halogens is 1. The van der Waals surface area contributed by atoms with Crippen molar-refractivity contribution >= 4 is 11.6 Å². The Hall–Kier alpha value is -0.930. The highest BCUT2D eigenvalue weighted by molar-refractivity contribution is 6.32. The molecule has 0 radical (unpaired) electrons. The largest absolute Gasteiger partial charge is 0.504 e. The van der Waals surface area contributed by atoms with Gasteiger partial charge in [0, 0.05) is 0 Å². The summed E-state index contributed by atoms with van der Waals surface area (Å²) < 4.78 is 0. The van der Waals surface area contributed by atoms with Crippen LogP contribution in [-0.2, 0) is 6.42 Å². The second-order valence-corrected chi connectivity index (χ2v) is 2.85. The van der Waals surface area contributed by atoms with Gasteiger partial charge in [0.05, 0.1) is 5.02 Å². The molecule has 0 aliphatic carbocycles. The normalized spacial score (nSPS) is 10.2. The Balaban J connectivity index is 3.08. The van der Waals surface area contributed by atoms with Gasteiger partial charge in [0.15, 0.2) is 11.5 Å². The van der Waals surface area contributed by atoms with Crippen LogP contribution in [0.3, 0.4) is 0 Å². The Morgan fingerprint density at radius 3 is 2.50 bits per heavy atom. The molecule has 0 atom stereocenters. The molecule has 1 aromatic rings. The van der Waals surface area contributed by atoms with Gasteiger partial charge < -0.3 is 15.9 Å². The summed E-state index contributed by atoms with van der Waals surface area (Å²) in [5.74, 6) is -0.449. The van der Waals surface area contributed by atoms with Crippen LogP contribution in [0.15, 0.2) is 12.1 Å². The zero-order chi connectivity index (χ0) is 9.14. The molecule has 0 saturated heterocycles. The fraction of sp³-hybridized carbons (Fsp3) is 0.250. The van der Waals surface area contributed by atoms with Crippen LogP contribution >= 0.6 is 11.6 Å². The maximum absolute atomic E-state index is 9.32. The number of phenols is 2. The molecule has 0 amide bonds. The standard InChI is InChI=1S/C8H10ClNO2/c9-6-2-1-5(3-4-10)7(11)8(6)12/h1-2,11-12H,3-4,10H2. The number of hydrogen-bond acceptors (Lipinski definition) is 3. The first-order valence-corrected chi connectivity index (χ1v) is 3.94. The summed E-state index contributed by atoms with van der Waals surface area (Å²) >= 11 is 5.54. The number of hydrogen-bond donors (Lipinski definition) is 3. The minimum absolute atomic E-state index is 0.147. The molecule has 0 saturated carbocycles. The van der Waals surface area contributed by atoms with Crippen LogP contribution < -0.4 is 5.73 Å². The fourth-order valence-corrected chi connectivity index (χ4v) is 1.11. The molecular weight excluding hydrogens is 178 g/mol. The summed E-state index contributed by atoms with van der Waals surface area (Å²) in [6.45, 7) is 0.425. The number of phenolic OH excluding ortho intramolecular Hbond substituents is 2. The lowest BCUT2D eigenvalue weighted by molar-refractivity contribution is 0.399.